The van der Waals surface area contributed by atoms with Gasteiger partial charge in [-0.1, -0.05) is 5.21 Å². The minimum absolute atomic E-state index is 0.0718. The highest BCUT2D eigenvalue weighted by Gasteiger charge is 2.29. The molecular formula is C18H23N5O4S. The smallest absolute Gasteiger partial charge is 0.345 e. The number of carboxylic acid groups (broad SMARTS) is 1. The molecular weight excluding hydrogens is 382 g/mol. The van der Waals surface area contributed by atoms with Crippen LogP contribution in [0, 0.1) is 5.92 Å². The molecule has 1 fully saturated rings. The van der Waals surface area contributed by atoms with Crippen molar-refractivity contribution in [1.29, 1.82) is 0 Å². The normalized spacial score (nSPS) is 14.5. The fraction of sp³-hybridized carbons (Fsp3) is 0.500. The Labute approximate surface area is 166 Å². The van der Waals surface area contributed by atoms with Gasteiger partial charge in [-0.15, -0.1) is 16.4 Å². The Hall–Kier alpha value is -2.75. The highest BCUT2D eigenvalue weighted by Crippen LogP contribution is 2.28. The van der Waals surface area contributed by atoms with Crippen LogP contribution in [0.2, 0.25) is 0 Å². The van der Waals surface area contributed by atoms with E-state index in [2.05, 4.69) is 20.9 Å². The number of aromatic nitrogens is 3. The second-order valence-electron chi connectivity index (χ2n) is 6.97. The summed E-state index contributed by atoms with van der Waals surface area (Å²) in [6, 6.07) is 1.43. The van der Waals surface area contributed by atoms with E-state index in [1.54, 1.807) is 22.3 Å². The van der Waals surface area contributed by atoms with Crippen molar-refractivity contribution < 1.29 is 19.5 Å². The van der Waals surface area contributed by atoms with Crippen LogP contribution in [-0.4, -0.2) is 50.5 Å². The van der Waals surface area contributed by atoms with Gasteiger partial charge in [-0.3, -0.25) is 9.59 Å². The average Bonchev–Trinajstić information content (AvgIpc) is 3.19. The van der Waals surface area contributed by atoms with Crippen molar-refractivity contribution in [2.75, 3.05) is 6.54 Å². The first-order valence-corrected chi connectivity index (χ1v) is 10.1. The molecule has 3 N–H and O–H groups in total. The summed E-state index contributed by atoms with van der Waals surface area (Å²) < 4.78 is 1.62. The van der Waals surface area contributed by atoms with Crippen LogP contribution in [0.3, 0.4) is 0 Å². The molecule has 1 saturated carbocycles. The summed E-state index contributed by atoms with van der Waals surface area (Å²) in [6.07, 6.45) is 4.63. The van der Waals surface area contributed by atoms with E-state index in [9.17, 15) is 14.4 Å². The molecule has 0 spiro atoms. The molecule has 1 aliphatic rings. The molecule has 1 atom stereocenters. The number of nitrogens with one attached hydrogen (secondary N) is 2. The van der Waals surface area contributed by atoms with Gasteiger partial charge in [0.2, 0.25) is 11.8 Å². The summed E-state index contributed by atoms with van der Waals surface area (Å²) in [5.74, 6) is -0.757. The Morgan fingerprint density at radius 1 is 1.39 bits per heavy atom. The zero-order valence-electron chi connectivity index (χ0n) is 15.6. The monoisotopic (exact) mass is 405 g/mol. The van der Waals surface area contributed by atoms with E-state index in [0.29, 0.717) is 37.2 Å². The maximum absolute atomic E-state index is 12.0. The Kier molecular flexibility index (Phi) is 6.40. The molecule has 1 aliphatic carbocycles. The van der Waals surface area contributed by atoms with Crippen LogP contribution >= 0.6 is 11.3 Å². The minimum Gasteiger partial charge on any atom is -0.477 e. The fourth-order valence-corrected chi connectivity index (χ4v) is 3.46. The van der Waals surface area contributed by atoms with Crippen molar-refractivity contribution in [3.63, 3.8) is 0 Å². The van der Waals surface area contributed by atoms with E-state index in [0.717, 1.165) is 24.2 Å². The standard InChI is InChI=1S/C18H23N5O4S/c1-11(20-16(24)3-2-6-19-17(25)12-4-5-12)8-23-9-14(21-22-23)13-7-15(18(26)27)28-10-13/h7,9-12H,2-6,8H2,1H3,(H,19,25)(H,20,24)(H,26,27)/t11-/m0/s1. The molecule has 150 valence electrons. The number of carboxylic acids is 1. The lowest BCUT2D eigenvalue weighted by Crippen LogP contribution is -2.36. The number of hydrogen-bond donors (Lipinski definition) is 3. The Balaban J connectivity index is 1.39. The lowest BCUT2D eigenvalue weighted by atomic mass is 10.2. The second-order valence-corrected chi connectivity index (χ2v) is 7.88. The molecule has 10 heteroatoms. The van der Waals surface area contributed by atoms with Gasteiger partial charge in [0.25, 0.3) is 0 Å². The summed E-state index contributed by atoms with van der Waals surface area (Å²) in [5, 5.41) is 24.6. The van der Waals surface area contributed by atoms with E-state index >= 15 is 0 Å². The van der Waals surface area contributed by atoms with Gasteiger partial charge < -0.3 is 15.7 Å². The number of hydrogen-bond acceptors (Lipinski definition) is 6. The van der Waals surface area contributed by atoms with Crippen molar-refractivity contribution in [2.45, 2.75) is 45.2 Å². The SMILES string of the molecule is C[C@@H](Cn1cc(-c2csc(C(=O)O)c2)nn1)NC(=O)CCCNC(=O)C1CC1. The zero-order chi connectivity index (χ0) is 20.1. The predicted molar refractivity (Wildman–Crippen MR) is 103 cm³/mol. The van der Waals surface area contributed by atoms with Crippen LogP contribution in [0.4, 0.5) is 0 Å². The molecule has 2 heterocycles. The highest BCUT2D eigenvalue weighted by atomic mass is 32.1. The molecule has 28 heavy (non-hydrogen) atoms. The Morgan fingerprint density at radius 3 is 2.86 bits per heavy atom. The quantitative estimate of drug-likeness (QED) is 0.515. The van der Waals surface area contributed by atoms with Crippen molar-refractivity contribution in [2.24, 2.45) is 5.92 Å². The van der Waals surface area contributed by atoms with Crippen molar-refractivity contribution in [3.8, 4) is 11.3 Å². The third-order valence-electron chi connectivity index (χ3n) is 4.34. The predicted octanol–water partition coefficient (Wildman–Crippen LogP) is 1.52. The summed E-state index contributed by atoms with van der Waals surface area (Å²) >= 11 is 1.14. The molecule has 0 aromatic carbocycles. The van der Waals surface area contributed by atoms with Crippen LogP contribution in [0.5, 0.6) is 0 Å². The highest BCUT2D eigenvalue weighted by molar-refractivity contribution is 7.12. The molecule has 3 rings (SSSR count). The number of thiophene rings is 1. The summed E-state index contributed by atoms with van der Waals surface area (Å²) in [4.78, 5) is 34.7. The fourth-order valence-electron chi connectivity index (χ4n) is 2.73. The molecule has 0 bridgehead atoms. The number of carbonyl (C=O) groups excluding carboxylic acids is 2. The van der Waals surface area contributed by atoms with Crippen molar-refractivity contribution >= 4 is 29.1 Å². The second kappa shape index (κ2) is 8.96. The molecule has 2 aromatic rings. The Morgan fingerprint density at radius 2 is 2.18 bits per heavy atom. The molecule has 0 aliphatic heterocycles. The van der Waals surface area contributed by atoms with Gasteiger partial charge in [0.15, 0.2) is 0 Å². The van der Waals surface area contributed by atoms with Gasteiger partial charge in [0.1, 0.15) is 10.6 Å². The third kappa shape index (κ3) is 5.62. The molecule has 9 nitrogen and oxygen atoms in total. The maximum Gasteiger partial charge on any atom is 0.345 e. The van der Waals surface area contributed by atoms with E-state index < -0.39 is 5.97 Å². The first kappa shape index (κ1) is 20.0. The maximum atomic E-state index is 12.0. The lowest BCUT2D eigenvalue weighted by molar-refractivity contribution is -0.123. The third-order valence-corrected chi connectivity index (χ3v) is 5.26. The van der Waals surface area contributed by atoms with E-state index in [-0.39, 0.29) is 28.7 Å². The van der Waals surface area contributed by atoms with Crippen molar-refractivity contribution in [1.82, 2.24) is 25.6 Å². The molecule has 2 amide bonds. The number of nitrogens with zero attached hydrogens (tertiary/aromatic N) is 3. The van der Waals surface area contributed by atoms with Crippen LogP contribution in [0.1, 0.15) is 42.3 Å². The summed E-state index contributed by atoms with van der Waals surface area (Å²) in [6.45, 7) is 2.84. The van der Waals surface area contributed by atoms with Crippen LogP contribution in [0.15, 0.2) is 17.6 Å². The number of rotatable bonds is 10. The topological polar surface area (TPSA) is 126 Å². The van der Waals surface area contributed by atoms with Gasteiger partial charge in [0, 0.05) is 35.9 Å². The number of amides is 2. The summed E-state index contributed by atoms with van der Waals surface area (Å²) in [5.41, 5.74) is 1.30. The van der Waals surface area contributed by atoms with Gasteiger partial charge in [-0.2, -0.15) is 0 Å². The number of aromatic carboxylic acids is 1. The lowest BCUT2D eigenvalue weighted by Gasteiger charge is -2.13. The van der Waals surface area contributed by atoms with Crippen molar-refractivity contribution in [3.05, 3.63) is 22.5 Å². The largest absolute Gasteiger partial charge is 0.477 e. The molecule has 0 unspecified atom stereocenters. The molecule has 0 saturated heterocycles. The van der Waals surface area contributed by atoms with Gasteiger partial charge >= 0.3 is 5.97 Å². The summed E-state index contributed by atoms with van der Waals surface area (Å²) in [7, 11) is 0. The van der Waals surface area contributed by atoms with Crippen LogP contribution in [-0.2, 0) is 16.1 Å². The molecule has 0 radical (unpaired) electrons. The zero-order valence-corrected chi connectivity index (χ0v) is 16.4. The first-order chi connectivity index (χ1) is 13.4. The Bertz CT molecular complexity index is 858. The van der Waals surface area contributed by atoms with Gasteiger partial charge in [-0.25, -0.2) is 9.48 Å². The van der Waals surface area contributed by atoms with Gasteiger partial charge in [0.05, 0.1) is 12.7 Å². The van der Waals surface area contributed by atoms with E-state index in [4.69, 9.17) is 5.11 Å². The van der Waals surface area contributed by atoms with Gasteiger partial charge in [-0.05, 0) is 32.3 Å². The molecule has 2 aromatic heterocycles. The number of carbonyl (C=O) groups is 3. The average molecular weight is 405 g/mol. The van der Waals surface area contributed by atoms with E-state index in [1.807, 2.05) is 6.92 Å². The first-order valence-electron chi connectivity index (χ1n) is 9.22. The minimum atomic E-state index is -0.966. The van der Waals surface area contributed by atoms with E-state index in [1.165, 1.54) is 0 Å². The van der Waals surface area contributed by atoms with Crippen LogP contribution in [0.25, 0.3) is 11.3 Å². The van der Waals surface area contributed by atoms with Crippen LogP contribution < -0.4 is 10.6 Å².